The van der Waals surface area contributed by atoms with Crippen LogP contribution < -0.4 is 9.47 Å². The molecule has 2 aromatic heterocycles. The van der Waals surface area contributed by atoms with Crippen LogP contribution in [0.5, 0.6) is 11.5 Å². The monoisotopic (exact) mass is 1230 g/mol. The molecular weight excluding hydrogens is 1120 g/mol. The Kier molecular flexibility index (Phi) is 31.5. The van der Waals surface area contributed by atoms with E-state index in [4.69, 9.17) is 38.9 Å². The van der Waals surface area contributed by atoms with Crippen molar-refractivity contribution in [3.8, 4) is 67.7 Å². The minimum absolute atomic E-state index is 0.132. The Morgan fingerprint density at radius 3 is 1.03 bits per heavy atom. The van der Waals surface area contributed by atoms with Gasteiger partial charge in [0.15, 0.2) is 11.6 Å². The summed E-state index contributed by atoms with van der Waals surface area (Å²) in [7, 11) is 0. The van der Waals surface area contributed by atoms with Gasteiger partial charge in [0, 0.05) is 65.3 Å². The summed E-state index contributed by atoms with van der Waals surface area (Å²) in [5.41, 5.74) is 11.7. The van der Waals surface area contributed by atoms with Crippen molar-refractivity contribution in [2.75, 3.05) is 13.2 Å². The van der Waals surface area contributed by atoms with Gasteiger partial charge in [-0.2, -0.15) is 0 Å². The van der Waals surface area contributed by atoms with Crippen molar-refractivity contribution < 1.29 is 28.5 Å². The maximum atomic E-state index is 12.0. The largest absolute Gasteiger partial charge is 0.494 e. The van der Waals surface area contributed by atoms with Crippen molar-refractivity contribution in [2.45, 2.75) is 237 Å². The van der Waals surface area contributed by atoms with Crippen LogP contribution in [0.25, 0.3) is 56.2 Å². The molecule has 0 radical (unpaired) electrons. The molecule has 0 aliphatic heterocycles. The molecule has 0 fully saturated rings. The van der Waals surface area contributed by atoms with Crippen LogP contribution in [0.3, 0.4) is 0 Å². The number of nitrogens with zero attached hydrogens (tertiary/aromatic N) is 4. The summed E-state index contributed by atoms with van der Waals surface area (Å²) < 4.78 is 22.9. The third-order valence-electron chi connectivity index (χ3n) is 18.0. The van der Waals surface area contributed by atoms with Crippen molar-refractivity contribution in [2.24, 2.45) is 0 Å². The first-order chi connectivity index (χ1) is 44.7. The second-order valence-corrected chi connectivity index (χ2v) is 25.0. The molecule has 91 heavy (non-hydrogen) atoms. The van der Waals surface area contributed by atoms with E-state index in [0.717, 1.165) is 122 Å². The van der Waals surface area contributed by atoms with Gasteiger partial charge < -0.3 is 18.9 Å². The Bertz CT molecular complexity index is 2890. The summed E-state index contributed by atoms with van der Waals surface area (Å²) in [6.07, 6.45) is 49.2. The lowest BCUT2D eigenvalue weighted by molar-refractivity contribution is -0.146. The van der Waals surface area contributed by atoms with E-state index in [0.29, 0.717) is 37.7 Å². The highest BCUT2D eigenvalue weighted by Crippen LogP contribution is 2.56. The molecule has 486 valence electrons. The van der Waals surface area contributed by atoms with Crippen LogP contribution in [0.4, 0.5) is 0 Å². The number of unbranched alkanes of at least 4 members (excludes halogenated alkanes) is 24. The predicted molar refractivity (Wildman–Crippen MR) is 376 cm³/mol. The van der Waals surface area contributed by atoms with Crippen LogP contribution >= 0.6 is 0 Å². The van der Waals surface area contributed by atoms with Crippen molar-refractivity contribution in [1.29, 1.82) is 0 Å². The second-order valence-electron chi connectivity index (χ2n) is 25.0. The molecule has 4 aromatic carbocycles. The highest BCUT2D eigenvalue weighted by Gasteiger charge is 2.43. The maximum absolute atomic E-state index is 12.0. The van der Waals surface area contributed by atoms with Gasteiger partial charge in [-0.3, -0.25) is 9.59 Å². The fourth-order valence-corrected chi connectivity index (χ4v) is 12.6. The standard InChI is InChI=1S/C81H106N4O6/c1-7-13-15-17-29-35-53-81(54-36-30-18-16-14-8-2)75-57-65(67-59-82-79(83-60-67)63-41-47-71(48-42-63)88-55-37-31-25-21-19-23-27-33-39-77(86)90-69(9-3)10-4)45-51-73(75)74-52-46-66(58-76(74)81)68-61-84-80(85-62-68)64-43-49-72(50-44-64)89-56-38-32-26-22-20-24-28-34-40-78(87)91-70(11-5)12-6/h9-12,41-52,57-62,69-70H,3-8,13-40,53-56H2,1-2H3. The number of benzene rings is 4. The van der Waals surface area contributed by atoms with Gasteiger partial charge >= 0.3 is 11.9 Å². The molecule has 6 aromatic rings. The van der Waals surface area contributed by atoms with E-state index in [1.54, 1.807) is 24.3 Å². The van der Waals surface area contributed by atoms with Crippen molar-refractivity contribution in [1.82, 2.24) is 19.9 Å². The van der Waals surface area contributed by atoms with E-state index >= 15 is 0 Å². The Labute approximate surface area is 546 Å². The Morgan fingerprint density at radius 2 is 0.692 bits per heavy atom. The Hall–Kier alpha value is -7.46. The molecule has 0 amide bonds. The predicted octanol–water partition coefficient (Wildman–Crippen LogP) is 22.0. The molecule has 0 spiro atoms. The Morgan fingerprint density at radius 1 is 0.385 bits per heavy atom. The lowest BCUT2D eigenvalue weighted by Gasteiger charge is -2.33. The fraction of sp³-hybridized carbons (Fsp3) is 0.481. The van der Waals surface area contributed by atoms with E-state index in [-0.39, 0.29) is 17.4 Å². The first-order valence-corrected chi connectivity index (χ1v) is 35.0. The summed E-state index contributed by atoms with van der Waals surface area (Å²) in [5, 5.41) is 0. The quantitative estimate of drug-likeness (QED) is 0.0207. The fourth-order valence-electron chi connectivity index (χ4n) is 12.6. The van der Waals surface area contributed by atoms with Gasteiger partial charge in [0.2, 0.25) is 0 Å². The van der Waals surface area contributed by atoms with Crippen molar-refractivity contribution >= 4 is 11.9 Å². The van der Waals surface area contributed by atoms with Gasteiger partial charge in [0.1, 0.15) is 23.7 Å². The van der Waals surface area contributed by atoms with E-state index < -0.39 is 12.2 Å². The van der Waals surface area contributed by atoms with Gasteiger partial charge in [0.25, 0.3) is 0 Å². The molecule has 1 aliphatic carbocycles. The van der Waals surface area contributed by atoms with Gasteiger partial charge in [-0.25, -0.2) is 19.9 Å². The van der Waals surface area contributed by atoms with E-state index in [9.17, 15) is 9.59 Å². The summed E-state index contributed by atoms with van der Waals surface area (Å²) >= 11 is 0. The summed E-state index contributed by atoms with van der Waals surface area (Å²) in [5.74, 6) is 2.75. The number of ether oxygens (including phenoxy) is 4. The van der Waals surface area contributed by atoms with E-state index in [2.05, 4.69) is 101 Å². The second kappa shape index (κ2) is 40.4. The van der Waals surface area contributed by atoms with Crippen LogP contribution in [-0.4, -0.2) is 57.3 Å². The number of hydrogen-bond acceptors (Lipinski definition) is 10. The molecule has 0 N–H and O–H groups in total. The SMILES string of the molecule is C=CC(C=C)OC(=O)CCCCCCCCCCOc1ccc(-c2ncc(-c3ccc4c(c3)C(CCCCCCCC)(CCCCCCCC)c3cc(-c5cnc(-c6ccc(OCCCCCCCCCCC(=O)OC(C=C)C=C)cc6)nc5)ccc3-4)cn2)cc1. The lowest BCUT2D eigenvalue weighted by Crippen LogP contribution is -2.25. The zero-order valence-electron chi connectivity index (χ0n) is 55.5. The molecule has 10 nitrogen and oxygen atoms in total. The van der Waals surface area contributed by atoms with Gasteiger partial charge in [0.05, 0.1) is 13.2 Å². The number of carbonyl (C=O) groups excluding carboxylic acids is 2. The summed E-state index contributed by atoms with van der Waals surface area (Å²) in [6.45, 7) is 20.7. The van der Waals surface area contributed by atoms with Crippen LogP contribution in [0, 0.1) is 0 Å². The molecule has 10 heteroatoms. The summed E-state index contributed by atoms with van der Waals surface area (Å²) in [6, 6.07) is 30.6. The number of esters is 2. The zero-order chi connectivity index (χ0) is 64.1. The third kappa shape index (κ3) is 23.0. The molecule has 2 heterocycles. The van der Waals surface area contributed by atoms with Crippen LogP contribution in [0.15, 0.2) is 160 Å². The third-order valence-corrected chi connectivity index (χ3v) is 18.0. The molecule has 0 saturated heterocycles. The lowest BCUT2D eigenvalue weighted by atomic mass is 9.70. The minimum Gasteiger partial charge on any atom is -0.494 e. The molecular formula is C81H106N4O6. The molecule has 1 aliphatic rings. The maximum Gasteiger partial charge on any atom is 0.306 e. The first-order valence-electron chi connectivity index (χ1n) is 35.0. The van der Waals surface area contributed by atoms with E-state index in [1.807, 2.05) is 49.1 Å². The first kappa shape index (κ1) is 71.0. The molecule has 0 unspecified atom stereocenters. The summed E-state index contributed by atoms with van der Waals surface area (Å²) in [4.78, 5) is 43.7. The molecule has 0 bridgehead atoms. The Balaban J connectivity index is 0.945. The average molecular weight is 1230 g/mol. The van der Waals surface area contributed by atoms with Crippen molar-refractivity contribution in [3.63, 3.8) is 0 Å². The minimum atomic E-state index is -0.402. The van der Waals surface area contributed by atoms with Crippen LogP contribution in [0.2, 0.25) is 0 Å². The highest BCUT2D eigenvalue weighted by molar-refractivity contribution is 5.86. The normalized spacial score (nSPS) is 12.1. The average Bonchev–Trinajstić information content (AvgIpc) is 1.57. The van der Waals surface area contributed by atoms with Crippen LogP contribution in [0.1, 0.15) is 230 Å². The molecule has 7 rings (SSSR count). The number of hydrogen-bond donors (Lipinski definition) is 0. The molecule has 0 atom stereocenters. The van der Waals surface area contributed by atoms with Gasteiger partial charge in [-0.05, 0) is 157 Å². The topological polar surface area (TPSA) is 123 Å². The smallest absolute Gasteiger partial charge is 0.306 e. The van der Waals surface area contributed by atoms with Gasteiger partial charge in [-0.15, -0.1) is 0 Å². The van der Waals surface area contributed by atoms with Crippen LogP contribution in [-0.2, 0) is 24.5 Å². The number of fused-ring (bicyclic) bond motifs is 3. The van der Waals surface area contributed by atoms with E-state index in [1.165, 1.54) is 138 Å². The van der Waals surface area contributed by atoms with Gasteiger partial charge in [-0.1, -0.05) is 219 Å². The number of carbonyl (C=O) groups is 2. The number of rotatable bonds is 48. The number of aromatic nitrogens is 4. The highest BCUT2D eigenvalue weighted by atomic mass is 16.5. The molecule has 0 saturated carbocycles. The zero-order valence-corrected chi connectivity index (χ0v) is 55.5. The van der Waals surface area contributed by atoms with Crippen molar-refractivity contribution in [3.05, 3.63) is 171 Å².